The van der Waals surface area contributed by atoms with E-state index in [0.29, 0.717) is 6.04 Å². The van der Waals surface area contributed by atoms with Crippen LogP contribution in [0, 0.1) is 11.8 Å². The molecule has 14 heavy (non-hydrogen) atoms. The Hall–Kier alpha value is 0.310. The molecule has 0 aromatic carbocycles. The number of thioether (sulfide) groups is 1. The fourth-order valence-electron chi connectivity index (χ4n) is 1.98. The van der Waals surface area contributed by atoms with Crippen molar-refractivity contribution in [1.82, 2.24) is 0 Å². The van der Waals surface area contributed by atoms with Crippen molar-refractivity contribution in [3.63, 3.8) is 0 Å². The largest absolute Gasteiger partial charge is 0.327 e. The molecule has 0 saturated heterocycles. The molecule has 1 fully saturated rings. The Balaban J connectivity index is 2.16. The van der Waals surface area contributed by atoms with Gasteiger partial charge in [0.1, 0.15) is 0 Å². The zero-order valence-corrected chi connectivity index (χ0v) is 10.6. The molecule has 0 heterocycles. The topological polar surface area (TPSA) is 26.0 Å². The van der Waals surface area contributed by atoms with Gasteiger partial charge in [-0.2, -0.15) is 11.8 Å². The molecular formula is C12H25NS. The Bertz CT molecular complexity index is 152. The molecule has 1 nitrogen and oxygen atoms in total. The molecule has 2 heteroatoms. The maximum atomic E-state index is 6.21. The molecule has 0 amide bonds. The second-order valence-electron chi connectivity index (χ2n) is 4.99. The highest BCUT2D eigenvalue weighted by Gasteiger charge is 2.22. The molecule has 1 saturated carbocycles. The fraction of sp³-hybridized carbons (Fsp3) is 1.00. The Morgan fingerprint density at radius 3 is 2.29 bits per heavy atom. The molecule has 1 aliphatic carbocycles. The minimum Gasteiger partial charge on any atom is -0.327 e. The van der Waals surface area contributed by atoms with E-state index in [2.05, 4.69) is 32.5 Å². The summed E-state index contributed by atoms with van der Waals surface area (Å²) >= 11 is 2.05. The Morgan fingerprint density at radius 1 is 1.21 bits per heavy atom. The molecule has 84 valence electrons. The van der Waals surface area contributed by atoms with E-state index in [0.717, 1.165) is 22.8 Å². The standard InChI is InChI=1S/C12H25NS/c1-9(2)10(3)14-8-12(13)11-6-4-5-7-11/h9-12H,4-8,13H2,1-3H3. The Kier molecular flexibility index (Phi) is 5.32. The first kappa shape index (κ1) is 12.4. The normalized spacial score (nSPS) is 22.9. The summed E-state index contributed by atoms with van der Waals surface area (Å²) in [5.41, 5.74) is 6.21. The van der Waals surface area contributed by atoms with Gasteiger partial charge in [0.15, 0.2) is 0 Å². The van der Waals surface area contributed by atoms with E-state index in [-0.39, 0.29) is 0 Å². The molecule has 2 N–H and O–H groups in total. The third kappa shape index (κ3) is 3.82. The predicted molar refractivity (Wildman–Crippen MR) is 66.7 cm³/mol. The highest BCUT2D eigenvalue weighted by Crippen LogP contribution is 2.29. The summed E-state index contributed by atoms with van der Waals surface area (Å²) in [6.45, 7) is 6.90. The number of nitrogens with two attached hydrogens (primary N) is 1. The molecule has 0 radical (unpaired) electrons. The van der Waals surface area contributed by atoms with E-state index < -0.39 is 0 Å². The van der Waals surface area contributed by atoms with Crippen molar-refractivity contribution in [2.75, 3.05) is 5.75 Å². The first-order valence-electron chi connectivity index (χ1n) is 5.98. The van der Waals surface area contributed by atoms with Crippen LogP contribution in [0.5, 0.6) is 0 Å². The van der Waals surface area contributed by atoms with E-state index in [9.17, 15) is 0 Å². The summed E-state index contributed by atoms with van der Waals surface area (Å²) in [5, 5.41) is 0.752. The fourth-order valence-corrected chi connectivity index (χ4v) is 3.16. The molecule has 0 aliphatic heterocycles. The lowest BCUT2D eigenvalue weighted by molar-refractivity contribution is 0.462. The van der Waals surface area contributed by atoms with Crippen LogP contribution in [0.4, 0.5) is 0 Å². The first-order valence-corrected chi connectivity index (χ1v) is 7.03. The van der Waals surface area contributed by atoms with Gasteiger partial charge in [0.25, 0.3) is 0 Å². The molecule has 2 atom stereocenters. The van der Waals surface area contributed by atoms with Crippen LogP contribution in [-0.4, -0.2) is 17.0 Å². The van der Waals surface area contributed by atoms with Crippen molar-refractivity contribution in [3.8, 4) is 0 Å². The predicted octanol–water partition coefficient (Wildman–Crippen LogP) is 3.28. The van der Waals surface area contributed by atoms with Crippen LogP contribution >= 0.6 is 11.8 Å². The second-order valence-corrected chi connectivity index (χ2v) is 6.40. The zero-order valence-electron chi connectivity index (χ0n) is 9.83. The molecule has 0 bridgehead atoms. The van der Waals surface area contributed by atoms with Crippen LogP contribution in [0.15, 0.2) is 0 Å². The average molecular weight is 215 g/mol. The van der Waals surface area contributed by atoms with Crippen molar-refractivity contribution in [1.29, 1.82) is 0 Å². The van der Waals surface area contributed by atoms with Crippen molar-refractivity contribution >= 4 is 11.8 Å². The van der Waals surface area contributed by atoms with Gasteiger partial charge in [-0.25, -0.2) is 0 Å². The quantitative estimate of drug-likeness (QED) is 0.761. The van der Waals surface area contributed by atoms with Gasteiger partial charge in [-0.05, 0) is 24.7 Å². The lowest BCUT2D eigenvalue weighted by atomic mass is 10.0. The van der Waals surface area contributed by atoms with E-state index >= 15 is 0 Å². The van der Waals surface area contributed by atoms with Crippen LogP contribution in [-0.2, 0) is 0 Å². The van der Waals surface area contributed by atoms with Crippen LogP contribution in [0.25, 0.3) is 0 Å². The van der Waals surface area contributed by atoms with E-state index in [1.54, 1.807) is 0 Å². The van der Waals surface area contributed by atoms with Crippen molar-refractivity contribution in [2.45, 2.75) is 57.7 Å². The van der Waals surface area contributed by atoms with Crippen LogP contribution < -0.4 is 5.73 Å². The molecule has 0 aromatic rings. The molecule has 1 aliphatic rings. The maximum Gasteiger partial charge on any atom is 0.0159 e. The van der Waals surface area contributed by atoms with Crippen molar-refractivity contribution in [2.24, 2.45) is 17.6 Å². The number of rotatable bonds is 5. The van der Waals surface area contributed by atoms with Gasteiger partial charge >= 0.3 is 0 Å². The minimum atomic E-state index is 0.448. The van der Waals surface area contributed by atoms with Crippen LogP contribution in [0.3, 0.4) is 0 Å². The third-order valence-corrected chi connectivity index (χ3v) is 5.14. The van der Waals surface area contributed by atoms with Crippen LogP contribution in [0.2, 0.25) is 0 Å². The van der Waals surface area contributed by atoms with E-state index in [1.807, 2.05) is 0 Å². The first-order chi connectivity index (χ1) is 6.61. The lowest BCUT2D eigenvalue weighted by Crippen LogP contribution is -2.31. The highest BCUT2D eigenvalue weighted by atomic mass is 32.2. The number of hydrogen-bond acceptors (Lipinski definition) is 2. The SMILES string of the molecule is CC(C)C(C)SCC(N)C1CCCC1. The van der Waals surface area contributed by atoms with Gasteiger partial charge in [0.05, 0.1) is 0 Å². The smallest absolute Gasteiger partial charge is 0.0159 e. The van der Waals surface area contributed by atoms with Gasteiger partial charge < -0.3 is 5.73 Å². The van der Waals surface area contributed by atoms with Gasteiger partial charge in [0.2, 0.25) is 0 Å². The zero-order chi connectivity index (χ0) is 10.6. The van der Waals surface area contributed by atoms with Gasteiger partial charge in [-0.15, -0.1) is 0 Å². The highest BCUT2D eigenvalue weighted by molar-refractivity contribution is 7.99. The lowest BCUT2D eigenvalue weighted by Gasteiger charge is -2.22. The van der Waals surface area contributed by atoms with Crippen molar-refractivity contribution in [3.05, 3.63) is 0 Å². The summed E-state index contributed by atoms with van der Waals surface area (Å²) in [6.07, 6.45) is 5.56. The Morgan fingerprint density at radius 2 is 1.79 bits per heavy atom. The van der Waals surface area contributed by atoms with Crippen molar-refractivity contribution < 1.29 is 0 Å². The average Bonchev–Trinajstić information content (AvgIpc) is 2.66. The summed E-state index contributed by atoms with van der Waals surface area (Å²) < 4.78 is 0. The van der Waals surface area contributed by atoms with Gasteiger partial charge in [-0.1, -0.05) is 33.6 Å². The molecular weight excluding hydrogens is 190 g/mol. The van der Waals surface area contributed by atoms with E-state index in [4.69, 9.17) is 5.73 Å². The van der Waals surface area contributed by atoms with Crippen LogP contribution in [0.1, 0.15) is 46.5 Å². The second kappa shape index (κ2) is 6.02. The third-order valence-electron chi connectivity index (χ3n) is 3.50. The summed E-state index contributed by atoms with van der Waals surface area (Å²) in [6, 6.07) is 0.448. The maximum absolute atomic E-state index is 6.21. The Labute approximate surface area is 93.2 Å². The van der Waals surface area contributed by atoms with E-state index in [1.165, 1.54) is 25.7 Å². The molecule has 0 aromatic heterocycles. The minimum absolute atomic E-state index is 0.448. The van der Waals surface area contributed by atoms with Gasteiger partial charge in [-0.3, -0.25) is 0 Å². The summed E-state index contributed by atoms with van der Waals surface area (Å²) in [7, 11) is 0. The molecule has 2 unspecified atom stereocenters. The number of hydrogen-bond donors (Lipinski definition) is 1. The monoisotopic (exact) mass is 215 g/mol. The molecule has 0 spiro atoms. The summed E-state index contributed by atoms with van der Waals surface area (Å²) in [5.74, 6) is 2.75. The van der Waals surface area contributed by atoms with Gasteiger partial charge in [0, 0.05) is 17.0 Å². The molecule has 1 rings (SSSR count). The summed E-state index contributed by atoms with van der Waals surface area (Å²) in [4.78, 5) is 0.